The number of amides is 1. The van der Waals surface area contributed by atoms with E-state index in [4.69, 9.17) is 0 Å². The van der Waals surface area contributed by atoms with E-state index in [2.05, 4.69) is 25.2 Å². The van der Waals surface area contributed by atoms with Crippen molar-refractivity contribution in [1.29, 1.82) is 0 Å². The Hall–Kier alpha value is -3.76. The van der Waals surface area contributed by atoms with E-state index in [9.17, 15) is 22.8 Å². The molecule has 0 fully saturated rings. The quantitative estimate of drug-likeness (QED) is 0.687. The Balaban J connectivity index is 1.86. The number of alkyl halides is 3. The van der Waals surface area contributed by atoms with Gasteiger partial charge in [0, 0.05) is 12.4 Å². The third kappa shape index (κ3) is 3.98. The van der Waals surface area contributed by atoms with Gasteiger partial charge in [0.05, 0.1) is 23.9 Å². The van der Waals surface area contributed by atoms with Crippen molar-refractivity contribution in [2.45, 2.75) is 6.18 Å². The molecule has 0 aliphatic rings. The number of anilines is 1. The van der Waals surface area contributed by atoms with Crippen molar-refractivity contribution in [3.8, 4) is 5.82 Å². The molecule has 0 aliphatic carbocycles. The Morgan fingerprint density at radius 1 is 1.14 bits per heavy atom. The first-order valence-corrected chi connectivity index (χ1v) is 7.72. The van der Waals surface area contributed by atoms with Crippen LogP contribution in [0.3, 0.4) is 0 Å². The van der Waals surface area contributed by atoms with Crippen molar-refractivity contribution in [3.05, 3.63) is 65.9 Å². The molecule has 28 heavy (non-hydrogen) atoms. The number of ether oxygens (including phenoxy) is 1. The van der Waals surface area contributed by atoms with E-state index >= 15 is 0 Å². The van der Waals surface area contributed by atoms with Gasteiger partial charge in [0.25, 0.3) is 5.91 Å². The van der Waals surface area contributed by atoms with E-state index in [1.165, 1.54) is 18.5 Å². The number of nitrogens with zero attached hydrogens (tertiary/aromatic N) is 4. The molecule has 0 atom stereocenters. The number of benzene rings is 1. The molecule has 0 bridgehead atoms. The van der Waals surface area contributed by atoms with Gasteiger partial charge in [-0.2, -0.15) is 13.2 Å². The molecule has 2 heterocycles. The lowest BCUT2D eigenvalue weighted by Gasteiger charge is -2.13. The Morgan fingerprint density at radius 2 is 1.93 bits per heavy atom. The largest absolute Gasteiger partial charge is 0.465 e. The first-order valence-electron chi connectivity index (χ1n) is 7.72. The minimum atomic E-state index is -4.65. The molecule has 0 saturated heterocycles. The highest BCUT2D eigenvalue weighted by atomic mass is 19.4. The van der Waals surface area contributed by atoms with E-state index < -0.39 is 29.2 Å². The highest BCUT2D eigenvalue weighted by molar-refractivity contribution is 6.07. The molecular formula is C17H12F3N5O3. The number of hydrogen-bond donors (Lipinski definition) is 1. The van der Waals surface area contributed by atoms with Gasteiger partial charge in [-0.3, -0.25) is 9.36 Å². The summed E-state index contributed by atoms with van der Waals surface area (Å²) in [5.41, 5.74) is -1.73. The van der Waals surface area contributed by atoms with Crippen LogP contribution in [0.4, 0.5) is 18.9 Å². The van der Waals surface area contributed by atoms with Crippen LogP contribution in [0.25, 0.3) is 5.82 Å². The third-order valence-electron chi connectivity index (χ3n) is 3.65. The van der Waals surface area contributed by atoms with Crippen LogP contribution in [-0.2, 0) is 10.9 Å². The van der Waals surface area contributed by atoms with Crippen LogP contribution < -0.4 is 5.32 Å². The highest BCUT2D eigenvalue weighted by Crippen LogP contribution is 2.32. The SMILES string of the molecule is COC(=O)c1cc(C(F)(F)F)ccc1NC(=O)c1ccc(-n2ccnc2)nn1. The topological polar surface area (TPSA) is 99.0 Å². The van der Waals surface area contributed by atoms with Crippen LogP contribution in [0.5, 0.6) is 0 Å². The summed E-state index contributed by atoms with van der Waals surface area (Å²) in [6.07, 6.45) is 0.0182. The van der Waals surface area contributed by atoms with Crippen molar-refractivity contribution in [1.82, 2.24) is 19.7 Å². The van der Waals surface area contributed by atoms with Gasteiger partial charge < -0.3 is 10.1 Å². The number of carbonyl (C=O) groups excluding carboxylic acids is 2. The van der Waals surface area contributed by atoms with Gasteiger partial charge in [0.1, 0.15) is 6.33 Å². The number of carbonyl (C=O) groups is 2. The fourth-order valence-electron chi connectivity index (χ4n) is 2.27. The zero-order chi connectivity index (χ0) is 20.3. The number of hydrogen-bond acceptors (Lipinski definition) is 6. The summed E-state index contributed by atoms with van der Waals surface area (Å²) in [5, 5.41) is 10.00. The van der Waals surface area contributed by atoms with Crippen LogP contribution >= 0.6 is 0 Å². The molecule has 8 nitrogen and oxygen atoms in total. The molecular weight excluding hydrogens is 379 g/mol. The lowest BCUT2D eigenvalue weighted by molar-refractivity contribution is -0.137. The van der Waals surface area contributed by atoms with E-state index in [1.54, 1.807) is 17.0 Å². The maximum atomic E-state index is 12.9. The van der Waals surface area contributed by atoms with Crippen LogP contribution in [0.1, 0.15) is 26.4 Å². The van der Waals surface area contributed by atoms with Crippen molar-refractivity contribution >= 4 is 17.6 Å². The summed E-state index contributed by atoms with van der Waals surface area (Å²) < 4.78 is 44.7. The smallest absolute Gasteiger partial charge is 0.416 e. The molecule has 0 radical (unpaired) electrons. The summed E-state index contributed by atoms with van der Waals surface area (Å²) >= 11 is 0. The number of rotatable bonds is 4. The summed E-state index contributed by atoms with van der Waals surface area (Å²) in [6, 6.07) is 5.21. The lowest BCUT2D eigenvalue weighted by atomic mass is 10.1. The van der Waals surface area contributed by atoms with Crippen molar-refractivity contribution in [3.63, 3.8) is 0 Å². The molecule has 11 heteroatoms. The molecule has 0 aliphatic heterocycles. The molecule has 3 rings (SSSR count). The first kappa shape index (κ1) is 19.0. The van der Waals surface area contributed by atoms with E-state index in [0.29, 0.717) is 11.9 Å². The van der Waals surface area contributed by atoms with Crippen LogP contribution in [-0.4, -0.2) is 38.7 Å². The highest BCUT2D eigenvalue weighted by Gasteiger charge is 2.32. The van der Waals surface area contributed by atoms with Gasteiger partial charge in [-0.15, -0.1) is 10.2 Å². The fraction of sp³-hybridized carbons (Fsp3) is 0.118. The summed E-state index contributed by atoms with van der Waals surface area (Å²) in [6.45, 7) is 0. The van der Waals surface area contributed by atoms with Crippen LogP contribution in [0, 0.1) is 0 Å². The van der Waals surface area contributed by atoms with E-state index in [0.717, 1.165) is 19.2 Å². The zero-order valence-electron chi connectivity index (χ0n) is 14.3. The second-order valence-electron chi connectivity index (χ2n) is 5.45. The average molecular weight is 391 g/mol. The number of nitrogens with one attached hydrogen (secondary N) is 1. The third-order valence-corrected chi connectivity index (χ3v) is 3.65. The average Bonchev–Trinajstić information content (AvgIpc) is 3.21. The normalized spacial score (nSPS) is 11.1. The van der Waals surface area contributed by atoms with Crippen molar-refractivity contribution in [2.75, 3.05) is 12.4 Å². The maximum absolute atomic E-state index is 12.9. The number of halogens is 3. The Bertz CT molecular complexity index is 1000. The van der Waals surface area contributed by atoms with Crippen LogP contribution in [0.15, 0.2) is 49.1 Å². The van der Waals surface area contributed by atoms with Gasteiger partial charge in [0.15, 0.2) is 11.5 Å². The standard InChI is InChI=1S/C17H12F3N5O3/c1-28-16(27)11-8-10(17(18,19)20)2-3-12(11)22-15(26)13-4-5-14(24-23-13)25-7-6-21-9-25/h2-9H,1H3,(H,22,26). The van der Waals surface area contributed by atoms with E-state index in [1.807, 2.05) is 0 Å². The Kier molecular flexibility index (Phi) is 5.07. The maximum Gasteiger partial charge on any atom is 0.416 e. The number of imidazole rings is 1. The van der Waals surface area contributed by atoms with E-state index in [-0.39, 0.29) is 11.4 Å². The second kappa shape index (κ2) is 7.47. The molecule has 1 N–H and O–H groups in total. The first-order chi connectivity index (χ1) is 13.3. The zero-order valence-corrected chi connectivity index (χ0v) is 14.3. The number of esters is 1. The Labute approximate surface area is 156 Å². The van der Waals surface area contributed by atoms with Crippen molar-refractivity contribution in [2.24, 2.45) is 0 Å². The molecule has 0 unspecified atom stereocenters. The summed E-state index contributed by atoms with van der Waals surface area (Å²) in [5.74, 6) is -1.36. The van der Waals surface area contributed by atoms with Crippen molar-refractivity contribution < 1.29 is 27.5 Å². The molecule has 0 saturated carbocycles. The van der Waals surface area contributed by atoms with Gasteiger partial charge in [0.2, 0.25) is 0 Å². The fourth-order valence-corrected chi connectivity index (χ4v) is 2.27. The van der Waals surface area contributed by atoms with Gasteiger partial charge in [-0.05, 0) is 30.3 Å². The summed E-state index contributed by atoms with van der Waals surface area (Å²) in [7, 11) is 1.02. The minimum absolute atomic E-state index is 0.0976. The summed E-state index contributed by atoms with van der Waals surface area (Å²) in [4.78, 5) is 28.0. The minimum Gasteiger partial charge on any atom is -0.465 e. The second-order valence-corrected chi connectivity index (χ2v) is 5.45. The van der Waals surface area contributed by atoms with Gasteiger partial charge in [-0.1, -0.05) is 0 Å². The lowest BCUT2D eigenvalue weighted by Crippen LogP contribution is -2.18. The number of aromatic nitrogens is 4. The molecule has 144 valence electrons. The predicted molar refractivity (Wildman–Crippen MR) is 89.9 cm³/mol. The molecule has 3 aromatic rings. The van der Waals surface area contributed by atoms with Crippen LogP contribution in [0.2, 0.25) is 0 Å². The Morgan fingerprint density at radius 3 is 2.50 bits per heavy atom. The molecule has 0 spiro atoms. The monoisotopic (exact) mass is 391 g/mol. The molecule has 2 aromatic heterocycles. The van der Waals surface area contributed by atoms with Gasteiger partial charge in [-0.25, -0.2) is 9.78 Å². The van der Waals surface area contributed by atoms with Gasteiger partial charge >= 0.3 is 12.1 Å². The molecule has 1 amide bonds. The predicted octanol–water partition coefficient (Wildman–Crippen LogP) is 2.72. The molecule has 1 aromatic carbocycles. The number of methoxy groups -OCH3 is 1.